The molecule has 0 saturated carbocycles. The molecular formula is C15H23N3O3. The number of anilines is 1. The van der Waals surface area contributed by atoms with Gasteiger partial charge in [0, 0.05) is 26.4 Å². The molecule has 0 heterocycles. The molecule has 21 heavy (non-hydrogen) atoms. The van der Waals surface area contributed by atoms with Gasteiger partial charge in [-0.3, -0.25) is 9.59 Å². The summed E-state index contributed by atoms with van der Waals surface area (Å²) in [6.45, 7) is 2.24. The van der Waals surface area contributed by atoms with Gasteiger partial charge >= 0.3 is 0 Å². The van der Waals surface area contributed by atoms with E-state index in [2.05, 4.69) is 5.32 Å². The maximum absolute atomic E-state index is 11.9. The van der Waals surface area contributed by atoms with Crippen molar-refractivity contribution >= 4 is 17.5 Å². The lowest BCUT2D eigenvalue weighted by Gasteiger charge is -2.19. The van der Waals surface area contributed by atoms with E-state index >= 15 is 0 Å². The minimum Gasteiger partial charge on any atom is -0.380 e. The van der Waals surface area contributed by atoms with Gasteiger partial charge in [-0.1, -0.05) is 17.7 Å². The number of likely N-dealkylation sites (N-methyl/N-ethyl adjacent to an activating group) is 1. The number of nitrogens with one attached hydrogen (secondary N) is 1. The van der Waals surface area contributed by atoms with Crippen molar-refractivity contribution in [2.45, 2.75) is 19.4 Å². The highest BCUT2D eigenvalue weighted by Crippen LogP contribution is 2.08. The van der Waals surface area contributed by atoms with Crippen LogP contribution < -0.4 is 11.1 Å². The normalized spacial score (nSPS) is 11.8. The van der Waals surface area contributed by atoms with E-state index in [4.69, 9.17) is 10.5 Å². The van der Waals surface area contributed by atoms with Gasteiger partial charge in [0.1, 0.15) is 0 Å². The molecule has 0 aliphatic carbocycles. The number of hydrogen-bond acceptors (Lipinski definition) is 4. The molecule has 1 unspecified atom stereocenters. The fraction of sp³-hybridized carbons (Fsp3) is 0.467. The molecule has 0 bridgehead atoms. The Morgan fingerprint density at radius 3 is 2.48 bits per heavy atom. The lowest BCUT2D eigenvalue weighted by molar-refractivity contribution is -0.135. The number of carbonyl (C=O) groups is 2. The molecule has 6 nitrogen and oxygen atoms in total. The Labute approximate surface area is 125 Å². The fourth-order valence-electron chi connectivity index (χ4n) is 1.75. The Balaban J connectivity index is 2.46. The predicted octanol–water partition coefficient (Wildman–Crippen LogP) is 0.756. The van der Waals surface area contributed by atoms with Crippen molar-refractivity contribution in [2.24, 2.45) is 5.73 Å². The Morgan fingerprint density at radius 2 is 1.95 bits per heavy atom. The summed E-state index contributed by atoms with van der Waals surface area (Å²) in [7, 11) is 3.09. The van der Waals surface area contributed by atoms with Crippen LogP contribution in [0.1, 0.15) is 12.0 Å². The van der Waals surface area contributed by atoms with Crippen LogP contribution >= 0.6 is 0 Å². The summed E-state index contributed by atoms with van der Waals surface area (Å²) in [6.07, 6.45) is -0.151. The van der Waals surface area contributed by atoms with Crippen LogP contribution in [0.5, 0.6) is 0 Å². The standard InChI is InChI=1S/C15H23N3O3/c1-11-4-6-12(7-5-11)17-14(19)10-18(2)15(20)8-13(9-16)21-3/h4-7,13H,8-10,16H2,1-3H3,(H,17,19). The van der Waals surface area contributed by atoms with Crippen LogP contribution in [0.4, 0.5) is 5.69 Å². The van der Waals surface area contributed by atoms with Crippen molar-refractivity contribution < 1.29 is 14.3 Å². The van der Waals surface area contributed by atoms with Crippen LogP contribution in [0.3, 0.4) is 0 Å². The SMILES string of the molecule is COC(CN)CC(=O)N(C)CC(=O)Nc1ccc(C)cc1. The third-order valence-corrected chi connectivity index (χ3v) is 3.14. The summed E-state index contributed by atoms with van der Waals surface area (Å²) in [5.74, 6) is -0.414. The smallest absolute Gasteiger partial charge is 0.243 e. The molecule has 0 spiro atoms. The maximum Gasteiger partial charge on any atom is 0.243 e. The molecule has 0 radical (unpaired) electrons. The van der Waals surface area contributed by atoms with Gasteiger partial charge in [-0.25, -0.2) is 0 Å². The van der Waals surface area contributed by atoms with Crippen molar-refractivity contribution in [3.63, 3.8) is 0 Å². The Bertz CT molecular complexity index is 470. The molecule has 0 aromatic heterocycles. The number of hydrogen-bond donors (Lipinski definition) is 2. The lowest BCUT2D eigenvalue weighted by Crippen LogP contribution is -2.38. The van der Waals surface area contributed by atoms with Crippen molar-refractivity contribution in [3.8, 4) is 0 Å². The van der Waals surface area contributed by atoms with Crippen molar-refractivity contribution in [1.29, 1.82) is 0 Å². The second-order valence-electron chi connectivity index (χ2n) is 4.96. The summed E-state index contributed by atoms with van der Waals surface area (Å²) in [6, 6.07) is 7.47. The number of ether oxygens (including phenoxy) is 1. The van der Waals surface area contributed by atoms with Gasteiger partial charge in [-0.05, 0) is 19.1 Å². The third-order valence-electron chi connectivity index (χ3n) is 3.14. The number of methoxy groups -OCH3 is 1. The summed E-state index contributed by atoms with van der Waals surface area (Å²) >= 11 is 0. The van der Waals surface area contributed by atoms with Gasteiger partial charge in [0.25, 0.3) is 0 Å². The molecule has 0 saturated heterocycles. The van der Waals surface area contributed by atoms with Gasteiger partial charge in [0.2, 0.25) is 11.8 Å². The van der Waals surface area contributed by atoms with Gasteiger partial charge in [-0.15, -0.1) is 0 Å². The van der Waals surface area contributed by atoms with Crippen molar-refractivity contribution in [2.75, 3.05) is 32.6 Å². The second-order valence-corrected chi connectivity index (χ2v) is 4.96. The molecule has 3 N–H and O–H groups in total. The van der Waals surface area contributed by atoms with Gasteiger partial charge < -0.3 is 20.7 Å². The Kier molecular flexibility index (Phi) is 6.84. The van der Waals surface area contributed by atoms with Crippen molar-refractivity contribution in [3.05, 3.63) is 29.8 Å². The summed E-state index contributed by atoms with van der Waals surface area (Å²) in [4.78, 5) is 25.2. The van der Waals surface area contributed by atoms with E-state index in [1.807, 2.05) is 31.2 Å². The number of amides is 2. The first-order valence-corrected chi connectivity index (χ1v) is 6.79. The summed E-state index contributed by atoms with van der Waals surface area (Å²) in [5.41, 5.74) is 7.30. The fourth-order valence-corrected chi connectivity index (χ4v) is 1.75. The first-order valence-electron chi connectivity index (χ1n) is 6.79. The molecule has 6 heteroatoms. The Morgan fingerprint density at radius 1 is 1.33 bits per heavy atom. The molecule has 1 atom stereocenters. The second kappa shape index (κ2) is 8.39. The zero-order valence-electron chi connectivity index (χ0n) is 12.8. The third kappa shape index (κ3) is 5.93. The largest absolute Gasteiger partial charge is 0.380 e. The highest BCUT2D eigenvalue weighted by Gasteiger charge is 2.17. The quantitative estimate of drug-likeness (QED) is 0.777. The average Bonchev–Trinajstić information content (AvgIpc) is 2.46. The summed E-state index contributed by atoms with van der Waals surface area (Å²) in [5, 5.41) is 2.75. The number of rotatable bonds is 7. The molecular weight excluding hydrogens is 270 g/mol. The van der Waals surface area contributed by atoms with E-state index in [-0.39, 0.29) is 37.4 Å². The minimum atomic E-state index is -0.319. The lowest BCUT2D eigenvalue weighted by atomic mass is 10.2. The van der Waals surface area contributed by atoms with Crippen molar-refractivity contribution in [1.82, 2.24) is 4.90 Å². The molecule has 1 aromatic rings. The van der Waals surface area contributed by atoms with Crippen LogP contribution in [0.15, 0.2) is 24.3 Å². The van der Waals surface area contributed by atoms with E-state index in [0.717, 1.165) is 5.56 Å². The highest BCUT2D eigenvalue weighted by atomic mass is 16.5. The van der Waals surface area contributed by atoms with Gasteiger partial charge in [0.05, 0.1) is 19.1 Å². The van der Waals surface area contributed by atoms with E-state index < -0.39 is 0 Å². The number of benzene rings is 1. The molecule has 0 aliphatic rings. The zero-order valence-corrected chi connectivity index (χ0v) is 12.8. The van der Waals surface area contributed by atoms with Crippen LogP contribution in [0.25, 0.3) is 0 Å². The van der Waals surface area contributed by atoms with Gasteiger partial charge in [-0.2, -0.15) is 0 Å². The van der Waals surface area contributed by atoms with E-state index in [0.29, 0.717) is 5.69 Å². The Hall–Kier alpha value is -1.92. The number of carbonyl (C=O) groups excluding carboxylic acids is 2. The monoisotopic (exact) mass is 293 g/mol. The molecule has 0 fully saturated rings. The van der Waals surface area contributed by atoms with Gasteiger partial charge in [0.15, 0.2) is 0 Å². The molecule has 1 aromatic carbocycles. The van der Waals surface area contributed by atoms with Crippen LogP contribution in [0.2, 0.25) is 0 Å². The van der Waals surface area contributed by atoms with E-state index in [1.54, 1.807) is 7.05 Å². The number of nitrogens with zero attached hydrogens (tertiary/aromatic N) is 1. The first-order chi connectivity index (χ1) is 9.96. The first kappa shape index (κ1) is 17.1. The van der Waals surface area contributed by atoms with E-state index in [1.165, 1.54) is 12.0 Å². The number of aryl methyl sites for hydroxylation is 1. The topological polar surface area (TPSA) is 84.7 Å². The highest BCUT2D eigenvalue weighted by molar-refractivity contribution is 5.94. The summed E-state index contributed by atoms with van der Waals surface area (Å²) < 4.78 is 5.06. The van der Waals surface area contributed by atoms with Crippen LogP contribution in [0, 0.1) is 6.92 Å². The molecule has 116 valence electrons. The zero-order chi connectivity index (χ0) is 15.8. The maximum atomic E-state index is 11.9. The van der Waals surface area contributed by atoms with Crippen LogP contribution in [-0.2, 0) is 14.3 Å². The molecule has 2 amide bonds. The minimum absolute atomic E-state index is 0.00623. The average molecular weight is 293 g/mol. The van der Waals surface area contributed by atoms with Crippen LogP contribution in [-0.4, -0.2) is 50.1 Å². The molecule has 0 aliphatic heterocycles. The predicted molar refractivity (Wildman–Crippen MR) is 81.9 cm³/mol. The van der Waals surface area contributed by atoms with E-state index in [9.17, 15) is 9.59 Å². The number of nitrogens with two attached hydrogens (primary N) is 1. The molecule has 1 rings (SSSR count).